The smallest absolute Gasteiger partial charge is 0.114 e. The van der Waals surface area contributed by atoms with Crippen LogP contribution in [0.25, 0.3) is 0 Å². The summed E-state index contributed by atoms with van der Waals surface area (Å²) in [5.41, 5.74) is 6.67. The lowest BCUT2D eigenvalue weighted by molar-refractivity contribution is 0.527. The highest BCUT2D eigenvalue weighted by molar-refractivity contribution is 9.10. The summed E-state index contributed by atoms with van der Waals surface area (Å²) >= 11 is 5.04. The van der Waals surface area contributed by atoms with Gasteiger partial charge in [-0.1, -0.05) is 27.7 Å². The van der Waals surface area contributed by atoms with Crippen molar-refractivity contribution in [3.05, 3.63) is 40.8 Å². The standard InChI is InChI=1S/C11H10BrNOS/c1-7-10(4-5-14-7)15-11-6-8(12)2-3-9(11)13/h2-6H,13H2,1H3. The number of hydrogen-bond donors (Lipinski definition) is 1. The predicted molar refractivity (Wildman–Crippen MR) is 66.1 cm³/mol. The Bertz CT molecular complexity index is 481. The van der Waals surface area contributed by atoms with E-state index >= 15 is 0 Å². The molecule has 0 aliphatic carbocycles. The largest absolute Gasteiger partial charge is 0.468 e. The van der Waals surface area contributed by atoms with Gasteiger partial charge < -0.3 is 10.2 Å². The van der Waals surface area contributed by atoms with Crippen LogP contribution in [0, 0.1) is 6.92 Å². The molecule has 0 spiro atoms. The SMILES string of the molecule is Cc1occc1Sc1cc(Br)ccc1N. The summed E-state index contributed by atoms with van der Waals surface area (Å²) in [5.74, 6) is 0.916. The minimum absolute atomic E-state index is 0.781. The molecule has 0 radical (unpaired) electrons. The molecule has 2 rings (SSSR count). The van der Waals surface area contributed by atoms with E-state index in [0.717, 1.165) is 25.7 Å². The van der Waals surface area contributed by atoms with Crippen LogP contribution in [-0.2, 0) is 0 Å². The van der Waals surface area contributed by atoms with Crippen molar-refractivity contribution in [2.24, 2.45) is 0 Å². The maximum absolute atomic E-state index is 5.88. The Hall–Kier alpha value is -0.870. The van der Waals surface area contributed by atoms with Crippen molar-refractivity contribution in [1.29, 1.82) is 0 Å². The molecule has 2 aromatic rings. The monoisotopic (exact) mass is 283 g/mol. The minimum Gasteiger partial charge on any atom is -0.468 e. The second kappa shape index (κ2) is 4.33. The summed E-state index contributed by atoms with van der Waals surface area (Å²) in [4.78, 5) is 2.13. The number of anilines is 1. The van der Waals surface area contributed by atoms with Gasteiger partial charge in [-0.3, -0.25) is 0 Å². The van der Waals surface area contributed by atoms with Crippen LogP contribution < -0.4 is 5.73 Å². The van der Waals surface area contributed by atoms with Crippen LogP contribution in [0.3, 0.4) is 0 Å². The summed E-state index contributed by atoms with van der Waals surface area (Å²) < 4.78 is 6.26. The topological polar surface area (TPSA) is 39.2 Å². The molecule has 0 fully saturated rings. The minimum atomic E-state index is 0.781. The van der Waals surface area contributed by atoms with E-state index < -0.39 is 0 Å². The number of halogens is 1. The van der Waals surface area contributed by atoms with Crippen molar-refractivity contribution in [1.82, 2.24) is 0 Å². The molecule has 0 unspecified atom stereocenters. The highest BCUT2D eigenvalue weighted by Gasteiger charge is 2.06. The second-order valence-corrected chi connectivity index (χ2v) is 5.12. The molecule has 1 heterocycles. The van der Waals surface area contributed by atoms with Gasteiger partial charge in [-0.15, -0.1) is 0 Å². The van der Waals surface area contributed by atoms with Gasteiger partial charge in [-0.2, -0.15) is 0 Å². The van der Waals surface area contributed by atoms with Gasteiger partial charge in [0.05, 0.1) is 11.2 Å². The molecule has 0 aliphatic rings. The van der Waals surface area contributed by atoms with Crippen molar-refractivity contribution in [2.45, 2.75) is 16.7 Å². The third-order valence-corrected chi connectivity index (χ3v) is 3.72. The zero-order valence-electron chi connectivity index (χ0n) is 8.16. The molecule has 2 N–H and O–H groups in total. The lowest BCUT2D eigenvalue weighted by Crippen LogP contribution is -1.87. The van der Waals surface area contributed by atoms with Gasteiger partial charge >= 0.3 is 0 Å². The molecule has 0 saturated carbocycles. The fourth-order valence-electron chi connectivity index (χ4n) is 1.19. The number of benzene rings is 1. The van der Waals surface area contributed by atoms with Gasteiger partial charge in [-0.05, 0) is 31.2 Å². The number of nitrogens with two attached hydrogens (primary N) is 1. The third-order valence-electron chi connectivity index (χ3n) is 2.01. The molecule has 1 aromatic heterocycles. The average Bonchev–Trinajstić information content (AvgIpc) is 2.58. The summed E-state index contributed by atoms with van der Waals surface area (Å²) in [5, 5.41) is 0. The zero-order chi connectivity index (χ0) is 10.8. The number of rotatable bonds is 2. The maximum Gasteiger partial charge on any atom is 0.114 e. The molecule has 1 aromatic carbocycles. The molecular weight excluding hydrogens is 274 g/mol. The highest BCUT2D eigenvalue weighted by atomic mass is 79.9. The summed E-state index contributed by atoms with van der Waals surface area (Å²) in [6.45, 7) is 1.94. The average molecular weight is 284 g/mol. The van der Waals surface area contributed by atoms with Crippen LogP contribution in [0.5, 0.6) is 0 Å². The highest BCUT2D eigenvalue weighted by Crippen LogP contribution is 2.35. The fraction of sp³-hybridized carbons (Fsp3) is 0.0909. The van der Waals surface area contributed by atoms with Gasteiger partial charge in [0.1, 0.15) is 5.76 Å². The van der Waals surface area contributed by atoms with Crippen molar-refractivity contribution in [3.8, 4) is 0 Å². The van der Waals surface area contributed by atoms with E-state index in [1.54, 1.807) is 18.0 Å². The first-order valence-corrected chi connectivity index (χ1v) is 6.05. The molecule has 0 aliphatic heterocycles. The molecule has 2 nitrogen and oxygen atoms in total. The molecule has 0 saturated heterocycles. The first kappa shape index (κ1) is 10.6. The van der Waals surface area contributed by atoms with Gasteiger partial charge in [0, 0.05) is 15.1 Å². The van der Waals surface area contributed by atoms with E-state index in [1.807, 2.05) is 31.2 Å². The Morgan fingerprint density at radius 1 is 1.27 bits per heavy atom. The molecule has 0 amide bonds. The van der Waals surface area contributed by atoms with Crippen molar-refractivity contribution >= 4 is 33.4 Å². The molecular formula is C11H10BrNOS. The Morgan fingerprint density at radius 3 is 2.73 bits per heavy atom. The van der Waals surface area contributed by atoms with Crippen molar-refractivity contribution in [2.75, 3.05) is 5.73 Å². The number of nitrogen functional groups attached to an aromatic ring is 1. The van der Waals surface area contributed by atoms with E-state index in [2.05, 4.69) is 15.9 Å². The molecule has 78 valence electrons. The third kappa shape index (κ3) is 2.38. The predicted octanol–water partition coefficient (Wildman–Crippen LogP) is 4.08. The van der Waals surface area contributed by atoms with Crippen molar-refractivity contribution < 1.29 is 4.42 Å². The molecule has 4 heteroatoms. The maximum atomic E-state index is 5.88. The lowest BCUT2D eigenvalue weighted by Gasteiger charge is -2.04. The number of furan rings is 1. The van der Waals surface area contributed by atoms with Crippen LogP contribution in [0.4, 0.5) is 5.69 Å². The zero-order valence-corrected chi connectivity index (χ0v) is 10.6. The fourth-order valence-corrected chi connectivity index (χ4v) is 2.63. The van der Waals surface area contributed by atoms with Crippen LogP contribution in [-0.4, -0.2) is 0 Å². The van der Waals surface area contributed by atoms with E-state index in [4.69, 9.17) is 10.2 Å². The van der Waals surface area contributed by atoms with Crippen LogP contribution in [0.1, 0.15) is 5.76 Å². The summed E-state index contributed by atoms with van der Waals surface area (Å²) in [6, 6.07) is 7.77. The molecule has 0 atom stereocenters. The molecule has 15 heavy (non-hydrogen) atoms. The van der Waals surface area contributed by atoms with Gasteiger partial charge in [0.15, 0.2) is 0 Å². The number of aryl methyl sites for hydroxylation is 1. The van der Waals surface area contributed by atoms with Gasteiger partial charge in [-0.25, -0.2) is 0 Å². The van der Waals surface area contributed by atoms with E-state index in [0.29, 0.717) is 0 Å². The first-order chi connectivity index (χ1) is 7.16. The van der Waals surface area contributed by atoms with Crippen molar-refractivity contribution in [3.63, 3.8) is 0 Å². The first-order valence-electron chi connectivity index (χ1n) is 4.44. The van der Waals surface area contributed by atoms with Gasteiger partial charge in [0.2, 0.25) is 0 Å². The Morgan fingerprint density at radius 2 is 2.07 bits per heavy atom. The van der Waals surface area contributed by atoms with E-state index in [-0.39, 0.29) is 0 Å². The van der Waals surface area contributed by atoms with Crippen LogP contribution in [0.15, 0.2) is 49.2 Å². The van der Waals surface area contributed by atoms with Crippen LogP contribution in [0.2, 0.25) is 0 Å². The lowest BCUT2D eigenvalue weighted by atomic mass is 10.3. The Balaban J connectivity index is 2.32. The second-order valence-electron chi connectivity index (χ2n) is 3.13. The summed E-state index contributed by atoms with van der Waals surface area (Å²) in [6.07, 6.45) is 1.69. The Labute approximate surface area is 101 Å². The molecule has 0 bridgehead atoms. The summed E-state index contributed by atoms with van der Waals surface area (Å²) in [7, 11) is 0. The van der Waals surface area contributed by atoms with Gasteiger partial charge in [0.25, 0.3) is 0 Å². The van der Waals surface area contributed by atoms with E-state index in [9.17, 15) is 0 Å². The Kier molecular flexibility index (Phi) is 3.07. The van der Waals surface area contributed by atoms with Crippen LogP contribution >= 0.6 is 27.7 Å². The quantitative estimate of drug-likeness (QED) is 0.844. The van der Waals surface area contributed by atoms with E-state index in [1.165, 1.54) is 0 Å². The number of hydrogen-bond acceptors (Lipinski definition) is 3. The normalized spacial score (nSPS) is 10.5.